The van der Waals surface area contributed by atoms with E-state index in [0.717, 1.165) is 19.2 Å². The second-order valence-corrected chi connectivity index (χ2v) is 13.4. The third-order valence-corrected chi connectivity index (χ3v) is 10.1. The standard InChI is InChI=1S/C34H39N6O9P/c1-4-23(5-2)18-46-33(44)22(3)39-50(45,49-25-14-10-7-11-15-25)47-19-27-29(41)30(42)34(20-35,48-27)28-17-16-26-31(36-21-37-40(26)28)38-32(43)24-12-8-6-9-13-24/h6-17,21-23,27,29-30,41-42H,4-5,18-19H2,1-3H3,(H,39,45)(H,36,37,38,43)/t22-,27+,29+,30+,34-,50?/m0/s1. The second kappa shape index (κ2) is 15.9. The molecular formula is C34H39N6O9P. The Morgan fingerprint density at radius 2 is 1.76 bits per heavy atom. The number of anilines is 1. The minimum atomic E-state index is -4.38. The molecule has 16 heteroatoms. The fourth-order valence-electron chi connectivity index (χ4n) is 5.42. The number of aromatic nitrogens is 3. The molecule has 1 unspecified atom stereocenters. The average Bonchev–Trinajstić information content (AvgIpc) is 3.68. The van der Waals surface area contributed by atoms with Gasteiger partial charge in [-0.1, -0.05) is 63.1 Å². The highest BCUT2D eigenvalue weighted by atomic mass is 31.2. The van der Waals surface area contributed by atoms with Gasteiger partial charge in [0.2, 0.25) is 5.60 Å². The molecule has 4 N–H and O–H groups in total. The first-order valence-electron chi connectivity index (χ1n) is 16.1. The maximum Gasteiger partial charge on any atom is 0.459 e. The molecule has 1 amide bonds. The molecule has 1 aliphatic heterocycles. The molecule has 2 aromatic heterocycles. The largest absolute Gasteiger partial charge is 0.464 e. The molecule has 0 aliphatic carbocycles. The molecule has 15 nitrogen and oxygen atoms in total. The van der Waals surface area contributed by atoms with Gasteiger partial charge in [-0.15, -0.1) is 0 Å². The number of nitrogens with zero attached hydrogens (tertiary/aromatic N) is 4. The van der Waals surface area contributed by atoms with Crippen LogP contribution >= 0.6 is 7.75 Å². The molecule has 6 atom stereocenters. The number of amides is 1. The van der Waals surface area contributed by atoms with Gasteiger partial charge in [-0.3, -0.25) is 14.1 Å². The molecule has 2 aromatic carbocycles. The zero-order chi connectivity index (χ0) is 35.9. The van der Waals surface area contributed by atoms with Gasteiger partial charge in [0, 0.05) is 5.56 Å². The van der Waals surface area contributed by atoms with Crippen molar-refractivity contribution in [2.75, 3.05) is 18.5 Å². The van der Waals surface area contributed by atoms with E-state index in [1.165, 1.54) is 35.7 Å². The Balaban J connectivity index is 1.35. The maximum absolute atomic E-state index is 14.1. The van der Waals surface area contributed by atoms with Crippen LogP contribution in [0.15, 0.2) is 79.1 Å². The van der Waals surface area contributed by atoms with Gasteiger partial charge in [-0.05, 0) is 49.2 Å². The van der Waals surface area contributed by atoms with Crippen molar-refractivity contribution in [1.82, 2.24) is 19.7 Å². The summed E-state index contributed by atoms with van der Waals surface area (Å²) in [6.07, 6.45) is -2.13. The Bertz CT molecular complexity index is 1870. The average molecular weight is 707 g/mol. The summed E-state index contributed by atoms with van der Waals surface area (Å²) in [6.45, 7) is 4.99. The third kappa shape index (κ3) is 7.87. The quantitative estimate of drug-likeness (QED) is 0.102. The fourth-order valence-corrected chi connectivity index (χ4v) is 6.92. The van der Waals surface area contributed by atoms with E-state index in [0.29, 0.717) is 5.56 Å². The van der Waals surface area contributed by atoms with Gasteiger partial charge in [-0.25, -0.2) is 14.1 Å². The Morgan fingerprint density at radius 3 is 2.42 bits per heavy atom. The van der Waals surface area contributed by atoms with E-state index < -0.39 is 56.2 Å². The number of ether oxygens (including phenoxy) is 2. The number of aliphatic hydroxyl groups is 2. The van der Waals surface area contributed by atoms with Gasteiger partial charge in [0.1, 0.15) is 48.0 Å². The normalized spacial score (nSPS) is 22.1. The molecule has 5 rings (SSSR count). The smallest absolute Gasteiger partial charge is 0.459 e. The molecule has 0 spiro atoms. The predicted molar refractivity (Wildman–Crippen MR) is 180 cm³/mol. The first-order chi connectivity index (χ1) is 24.0. The van der Waals surface area contributed by atoms with Gasteiger partial charge >= 0.3 is 13.7 Å². The number of carbonyl (C=O) groups is 2. The number of nitriles is 1. The van der Waals surface area contributed by atoms with Crippen molar-refractivity contribution in [1.29, 1.82) is 5.26 Å². The topological polar surface area (TPSA) is 207 Å². The summed E-state index contributed by atoms with van der Waals surface area (Å²) >= 11 is 0. The van der Waals surface area contributed by atoms with E-state index >= 15 is 0 Å². The summed E-state index contributed by atoms with van der Waals surface area (Å²) < 4.78 is 38.1. The van der Waals surface area contributed by atoms with E-state index in [-0.39, 0.29) is 35.3 Å². The third-order valence-electron chi connectivity index (χ3n) is 8.42. The van der Waals surface area contributed by atoms with Gasteiger partial charge in [0.15, 0.2) is 5.82 Å². The predicted octanol–water partition coefficient (Wildman–Crippen LogP) is 3.98. The summed E-state index contributed by atoms with van der Waals surface area (Å²) in [4.78, 5) is 29.8. The number of esters is 1. The van der Waals surface area contributed by atoms with Crippen LogP contribution in [0.25, 0.3) is 5.52 Å². The number of hydrogen-bond acceptors (Lipinski definition) is 12. The van der Waals surface area contributed by atoms with Gasteiger partial charge < -0.3 is 29.5 Å². The van der Waals surface area contributed by atoms with E-state index in [1.54, 1.807) is 48.5 Å². The highest BCUT2D eigenvalue weighted by molar-refractivity contribution is 7.52. The number of aliphatic hydroxyl groups excluding tert-OH is 2. The number of para-hydroxylation sites is 1. The molecule has 4 aromatic rings. The highest BCUT2D eigenvalue weighted by Crippen LogP contribution is 2.47. The van der Waals surface area contributed by atoms with Gasteiger partial charge in [0.05, 0.1) is 18.9 Å². The summed E-state index contributed by atoms with van der Waals surface area (Å²) in [5, 5.41) is 42.2. The van der Waals surface area contributed by atoms with Crippen molar-refractivity contribution in [3.63, 3.8) is 0 Å². The van der Waals surface area contributed by atoms with E-state index in [4.69, 9.17) is 18.5 Å². The van der Waals surface area contributed by atoms with Crippen molar-refractivity contribution < 1.29 is 42.9 Å². The van der Waals surface area contributed by atoms with Crippen LogP contribution in [0.3, 0.4) is 0 Å². The van der Waals surface area contributed by atoms with Gasteiger partial charge in [-0.2, -0.15) is 15.4 Å². The van der Waals surface area contributed by atoms with Crippen LogP contribution in [0, 0.1) is 17.2 Å². The first kappa shape index (κ1) is 36.6. The van der Waals surface area contributed by atoms with Gasteiger partial charge in [0.25, 0.3) is 5.91 Å². The van der Waals surface area contributed by atoms with E-state index in [2.05, 4.69) is 20.5 Å². The Morgan fingerprint density at radius 1 is 1.08 bits per heavy atom. The van der Waals surface area contributed by atoms with Crippen molar-refractivity contribution in [3.8, 4) is 11.8 Å². The minimum absolute atomic E-state index is 0.0253. The first-order valence-corrected chi connectivity index (χ1v) is 17.7. The molecule has 3 heterocycles. The minimum Gasteiger partial charge on any atom is -0.464 e. The number of nitrogens with one attached hydrogen (secondary N) is 2. The van der Waals surface area contributed by atoms with Crippen molar-refractivity contribution in [2.24, 2.45) is 5.92 Å². The van der Waals surface area contributed by atoms with Crippen molar-refractivity contribution in [3.05, 3.63) is 90.4 Å². The van der Waals surface area contributed by atoms with Crippen LogP contribution in [-0.2, 0) is 29.0 Å². The molecule has 264 valence electrons. The van der Waals surface area contributed by atoms with Crippen LogP contribution in [-0.4, -0.2) is 74.3 Å². The molecular weight excluding hydrogens is 667 g/mol. The molecule has 1 fully saturated rings. The molecule has 0 radical (unpaired) electrons. The Labute approximate surface area is 288 Å². The van der Waals surface area contributed by atoms with Crippen LogP contribution in [0.2, 0.25) is 0 Å². The molecule has 1 aliphatic rings. The number of carbonyl (C=O) groups excluding carboxylic acids is 2. The Kier molecular flexibility index (Phi) is 11.6. The van der Waals surface area contributed by atoms with Crippen molar-refractivity contribution >= 4 is 31.0 Å². The monoisotopic (exact) mass is 706 g/mol. The number of benzene rings is 2. The number of fused-ring (bicyclic) bond motifs is 1. The lowest BCUT2D eigenvalue weighted by Crippen LogP contribution is -2.41. The molecule has 1 saturated heterocycles. The second-order valence-electron chi connectivity index (χ2n) is 11.7. The van der Waals surface area contributed by atoms with Crippen LogP contribution in [0.5, 0.6) is 5.75 Å². The highest BCUT2D eigenvalue weighted by Gasteiger charge is 2.58. The number of rotatable bonds is 15. The van der Waals surface area contributed by atoms with E-state index in [1.807, 2.05) is 19.9 Å². The van der Waals surface area contributed by atoms with E-state index in [9.17, 15) is 29.6 Å². The zero-order valence-electron chi connectivity index (χ0n) is 27.7. The lowest BCUT2D eigenvalue weighted by Gasteiger charge is -2.25. The number of hydrogen-bond donors (Lipinski definition) is 4. The zero-order valence-corrected chi connectivity index (χ0v) is 28.6. The SMILES string of the molecule is CCC(CC)COC(=O)[C@H](C)NP(=O)(OC[C@H]1O[C@@](C#N)(c2ccc3c(NC(=O)c4ccccc4)ncnn23)[C@H](O)[C@@H]1O)Oc1ccccc1. The Hall–Kier alpha value is -4.68. The van der Waals surface area contributed by atoms with Crippen LogP contribution < -0.4 is 14.9 Å². The van der Waals surface area contributed by atoms with Crippen LogP contribution in [0.1, 0.15) is 49.7 Å². The van der Waals surface area contributed by atoms with Crippen molar-refractivity contribution in [2.45, 2.75) is 63.6 Å². The summed E-state index contributed by atoms with van der Waals surface area (Å²) in [5.74, 6) is -0.645. The molecule has 0 saturated carbocycles. The lowest BCUT2D eigenvalue weighted by molar-refractivity contribution is -0.146. The molecule has 0 bridgehead atoms. The molecule has 50 heavy (non-hydrogen) atoms. The summed E-state index contributed by atoms with van der Waals surface area (Å²) in [5.41, 5.74) is -1.49. The lowest BCUT2D eigenvalue weighted by atomic mass is 9.92. The fraction of sp³-hybridized carbons (Fsp3) is 0.382. The maximum atomic E-state index is 14.1. The summed E-state index contributed by atoms with van der Waals surface area (Å²) in [7, 11) is -4.38. The van der Waals surface area contributed by atoms with Crippen LogP contribution in [0.4, 0.5) is 5.82 Å². The summed E-state index contributed by atoms with van der Waals surface area (Å²) in [6, 6.07) is 20.4.